The highest BCUT2D eigenvalue weighted by Gasteiger charge is 2.33. The first-order chi connectivity index (χ1) is 21.7. The van der Waals surface area contributed by atoms with Crippen molar-refractivity contribution in [2.75, 3.05) is 13.2 Å². The molecule has 7 nitrogen and oxygen atoms in total. The van der Waals surface area contributed by atoms with Crippen LogP contribution in [-0.4, -0.2) is 28.3 Å². The molecule has 5 aromatic rings. The molecular weight excluding hydrogens is 629 g/mol. The Bertz CT molecular complexity index is 2160. The van der Waals surface area contributed by atoms with Crippen molar-refractivity contribution >= 4 is 57.5 Å². The SMILES string of the molecule is CCOC(=O)C1=C(C)N=c2s/c(=C\c3c(C)n(Cc4ccc(Cl)cc4Cl)c4ccccc34)c(=O)n2[C@H]1c1ccc(OCC)cc1. The van der Waals surface area contributed by atoms with Crippen LogP contribution in [0.2, 0.25) is 10.0 Å². The van der Waals surface area contributed by atoms with E-state index >= 15 is 0 Å². The molecule has 0 unspecified atom stereocenters. The van der Waals surface area contributed by atoms with Crippen LogP contribution in [0.3, 0.4) is 0 Å². The van der Waals surface area contributed by atoms with Crippen molar-refractivity contribution in [2.45, 2.75) is 40.3 Å². The highest BCUT2D eigenvalue weighted by Crippen LogP contribution is 2.33. The van der Waals surface area contributed by atoms with E-state index in [-0.39, 0.29) is 12.2 Å². The second-order valence-electron chi connectivity index (χ2n) is 10.6. The van der Waals surface area contributed by atoms with Gasteiger partial charge in [-0.15, -0.1) is 0 Å². The van der Waals surface area contributed by atoms with Crippen LogP contribution in [0.1, 0.15) is 49.2 Å². The Balaban J connectivity index is 1.52. The van der Waals surface area contributed by atoms with Crippen molar-refractivity contribution in [1.82, 2.24) is 9.13 Å². The number of rotatable bonds is 8. The van der Waals surface area contributed by atoms with E-state index in [0.29, 0.717) is 49.6 Å². The third kappa shape index (κ3) is 5.74. The Labute approximate surface area is 274 Å². The summed E-state index contributed by atoms with van der Waals surface area (Å²) >= 11 is 14.0. The highest BCUT2D eigenvalue weighted by molar-refractivity contribution is 7.07. The van der Waals surface area contributed by atoms with Gasteiger partial charge in [-0.05, 0) is 75.2 Å². The lowest BCUT2D eigenvalue weighted by molar-refractivity contribution is -0.139. The molecule has 45 heavy (non-hydrogen) atoms. The van der Waals surface area contributed by atoms with Crippen molar-refractivity contribution in [2.24, 2.45) is 4.99 Å². The lowest BCUT2D eigenvalue weighted by Crippen LogP contribution is -2.39. The van der Waals surface area contributed by atoms with Gasteiger partial charge in [0.1, 0.15) is 5.75 Å². The molecule has 3 heterocycles. The maximum absolute atomic E-state index is 14.3. The smallest absolute Gasteiger partial charge is 0.338 e. The maximum atomic E-state index is 14.3. The summed E-state index contributed by atoms with van der Waals surface area (Å²) in [6.07, 6.45) is 1.93. The molecule has 0 N–H and O–H groups in total. The van der Waals surface area contributed by atoms with E-state index < -0.39 is 12.0 Å². The Morgan fingerprint density at radius 3 is 2.49 bits per heavy atom. The van der Waals surface area contributed by atoms with E-state index in [1.54, 1.807) is 24.5 Å². The third-order valence-corrected chi connectivity index (χ3v) is 9.49. The minimum Gasteiger partial charge on any atom is -0.494 e. The number of hydrogen-bond donors (Lipinski definition) is 0. The Morgan fingerprint density at radius 1 is 1.02 bits per heavy atom. The van der Waals surface area contributed by atoms with E-state index in [0.717, 1.165) is 33.3 Å². The number of halogens is 2. The van der Waals surface area contributed by atoms with Gasteiger partial charge in [0.25, 0.3) is 5.56 Å². The summed E-state index contributed by atoms with van der Waals surface area (Å²) in [7, 11) is 0. The number of aromatic nitrogens is 2. The fourth-order valence-corrected chi connectivity index (χ4v) is 7.31. The first-order valence-electron chi connectivity index (χ1n) is 14.7. The van der Waals surface area contributed by atoms with Crippen LogP contribution >= 0.6 is 34.5 Å². The number of nitrogens with zero attached hydrogens (tertiary/aromatic N) is 3. The Morgan fingerprint density at radius 2 is 1.78 bits per heavy atom. The summed E-state index contributed by atoms with van der Waals surface area (Å²) in [4.78, 5) is 32.8. The molecule has 10 heteroatoms. The molecule has 1 aliphatic rings. The molecule has 1 aliphatic heterocycles. The van der Waals surface area contributed by atoms with Crippen molar-refractivity contribution < 1.29 is 14.3 Å². The fraction of sp³-hybridized carbons (Fsp3) is 0.229. The molecular formula is C35H31Cl2N3O4S. The number of para-hydroxylation sites is 1. The number of esters is 1. The number of allylic oxidation sites excluding steroid dienone is 1. The minimum absolute atomic E-state index is 0.209. The molecule has 0 bridgehead atoms. The molecule has 0 aliphatic carbocycles. The zero-order valence-electron chi connectivity index (χ0n) is 25.3. The number of thiazole rings is 1. The first-order valence-corrected chi connectivity index (χ1v) is 16.2. The van der Waals surface area contributed by atoms with Crippen molar-refractivity contribution in [3.05, 3.63) is 130 Å². The molecule has 0 amide bonds. The van der Waals surface area contributed by atoms with E-state index in [1.165, 1.54) is 11.3 Å². The van der Waals surface area contributed by atoms with Crippen molar-refractivity contribution in [3.8, 4) is 5.75 Å². The van der Waals surface area contributed by atoms with Crippen LogP contribution in [0.4, 0.5) is 0 Å². The summed E-state index contributed by atoms with van der Waals surface area (Å²) in [5, 5.41) is 2.19. The highest BCUT2D eigenvalue weighted by atomic mass is 35.5. The molecule has 0 spiro atoms. The van der Waals surface area contributed by atoms with E-state index in [4.69, 9.17) is 37.7 Å². The van der Waals surface area contributed by atoms with Gasteiger partial charge in [-0.1, -0.05) is 70.9 Å². The summed E-state index contributed by atoms with van der Waals surface area (Å²) < 4.78 is 15.4. The van der Waals surface area contributed by atoms with E-state index in [1.807, 2.05) is 68.5 Å². The van der Waals surface area contributed by atoms with Gasteiger partial charge in [-0.2, -0.15) is 0 Å². The lowest BCUT2D eigenvalue weighted by Gasteiger charge is -2.24. The summed E-state index contributed by atoms with van der Waals surface area (Å²) in [5.74, 6) is 0.213. The van der Waals surface area contributed by atoms with Gasteiger partial charge in [0, 0.05) is 38.8 Å². The lowest BCUT2D eigenvalue weighted by atomic mass is 9.96. The standard InChI is InChI=1S/C35H31Cl2N3O4S/c1-5-43-25-15-12-22(13-16-25)32-31(34(42)44-6-2)20(3)38-35-40(32)33(41)30(45-35)18-27-21(4)39(29-10-8-7-9-26(27)29)19-23-11-14-24(36)17-28(23)37/h7-18,32H,5-6,19H2,1-4H3/b30-18-/t32-/m0/s1. The van der Waals surface area contributed by atoms with Gasteiger partial charge < -0.3 is 14.0 Å². The Hall–Kier alpha value is -4.11. The van der Waals surface area contributed by atoms with Crippen LogP contribution in [0.5, 0.6) is 5.75 Å². The number of ether oxygens (including phenoxy) is 2. The second-order valence-corrected chi connectivity index (χ2v) is 12.5. The molecule has 230 valence electrons. The first kappa shape index (κ1) is 30.9. The van der Waals surface area contributed by atoms with Gasteiger partial charge >= 0.3 is 5.97 Å². The zero-order chi connectivity index (χ0) is 31.8. The van der Waals surface area contributed by atoms with Gasteiger partial charge in [-0.25, -0.2) is 9.79 Å². The van der Waals surface area contributed by atoms with E-state index in [9.17, 15) is 9.59 Å². The number of carbonyl (C=O) groups is 1. The quantitative estimate of drug-likeness (QED) is 0.171. The molecule has 0 saturated carbocycles. The third-order valence-electron chi connectivity index (χ3n) is 7.92. The molecule has 1 atom stereocenters. The molecule has 3 aromatic carbocycles. The van der Waals surface area contributed by atoms with Crippen LogP contribution in [0.25, 0.3) is 17.0 Å². The van der Waals surface area contributed by atoms with E-state index in [2.05, 4.69) is 16.7 Å². The van der Waals surface area contributed by atoms with Crippen LogP contribution < -0.4 is 19.6 Å². The minimum atomic E-state index is -0.701. The normalized spacial score (nSPS) is 14.9. The number of fused-ring (bicyclic) bond motifs is 2. The topological polar surface area (TPSA) is 74.8 Å². The van der Waals surface area contributed by atoms with Gasteiger partial charge in [0.15, 0.2) is 4.80 Å². The molecule has 0 saturated heterocycles. The van der Waals surface area contributed by atoms with Crippen molar-refractivity contribution in [3.63, 3.8) is 0 Å². The second kappa shape index (κ2) is 12.7. The summed E-state index contributed by atoms with van der Waals surface area (Å²) in [5.41, 5.74) is 5.26. The maximum Gasteiger partial charge on any atom is 0.338 e. The average molecular weight is 661 g/mol. The van der Waals surface area contributed by atoms with Gasteiger partial charge in [0.2, 0.25) is 0 Å². The van der Waals surface area contributed by atoms with Crippen molar-refractivity contribution in [1.29, 1.82) is 0 Å². The predicted molar refractivity (Wildman–Crippen MR) is 180 cm³/mol. The monoisotopic (exact) mass is 659 g/mol. The number of carbonyl (C=O) groups excluding carboxylic acids is 1. The van der Waals surface area contributed by atoms with Gasteiger partial charge in [0.05, 0.1) is 35.1 Å². The van der Waals surface area contributed by atoms with Gasteiger partial charge in [-0.3, -0.25) is 9.36 Å². The molecule has 2 aromatic heterocycles. The number of hydrogen-bond acceptors (Lipinski definition) is 6. The van der Waals surface area contributed by atoms with Crippen LogP contribution in [0, 0.1) is 6.92 Å². The Kier molecular flexibility index (Phi) is 8.73. The molecule has 0 radical (unpaired) electrons. The average Bonchev–Trinajstić information content (AvgIpc) is 3.46. The van der Waals surface area contributed by atoms with Crippen LogP contribution in [-0.2, 0) is 16.1 Å². The summed E-state index contributed by atoms with van der Waals surface area (Å²) in [6.45, 7) is 8.78. The largest absolute Gasteiger partial charge is 0.494 e. The molecule has 0 fully saturated rings. The predicted octanol–water partition coefficient (Wildman–Crippen LogP) is 6.82. The fourth-order valence-electron chi connectivity index (χ4n) is 5.81. The molecule has 6 rings (SSSR count). The zero-order valence-corrected chi connectivity index (χ0v) is 27.6. The number of benzene rings is 3. The van der Waals surface area contributed by atoms with Crippen LogP contribution in [0.15, 0.2) is 87.8 Å². The summed E-state index contributed by atoms with van der Waals surface area (Å²) in [6, 6.07) is 20.4.